The van der Waals surface area contributed by atoms with Gasteiger partial charge in [-0.1, -0.05) is 36.4 Å². The summed E-state index contributed by atoms with van der Waals surface area (Å²) in [6, 6.07) is 14.6. The van der Waals surface area contributed by atoms with Crippen LogP contribution in [-0.4, -0.2) is 84.4 Å². The molecule has 0 unspecified atom stereocenters. The molecule has 42 heavy (non-hydrogen) atoms. The van der Waals surface area contributed by atoms with Crippen LogP contribution in [0.2, 0.25) is 0 Å². The van der Waals surface area contributed by atoms with E-state index in [4.69, 9.17) is 9.47 Å². The van der Waals surface area contributed by atoms with Crippen LogP contribution in [0.3, 0.4) is 0 Å². The summed E-state index contributed by atoms with van der Waals surface area (Å²) in [6.45, 7) is -1.33. The van der Waals surface area contributed by atoms with Crippen molar-refractivity contribution >= 4 is 34.8 Å². The van der Waals surface area contributed by atoms with E-state index in [9.17, 15) is 32.7 Å². The number of amides is 2. The van der Waals surface area contributed by atoms with E-state index in [0.29, 0.717) is 10.5 Å². The van der Waals surface area contributed by atoms with Gasteiger partial charge < -0.3 is 24.8 Å². The normalized spacial score (nSPS) is 23.2. The lowest BCUT2D eigenvalue weighted by Crippen LogP contribution is -2.53. The lowest BCUT2D eigenvalue weighted by Gasteiger charge is -2.37. The summed E-state index contributed by atoms with van der Waals surface area (Å²) in [5, 5.41) is 13.8. The van der Waals surface area contributed by atoms with Crippen LogP contribution in [0.5, 0.6) is 0 Å². The third-order valence-corrected chi connectivity index (χ3v) is 7.17. The molecule has 0 spiro atoms. The number of esters is 1. The Morgan fingerprint density at radius 3 is 2.36 bits per heavy atom. The van der Waals surface area contributed by atoms with E-state index < -0.39 is 61.1 Å². The van der Waals surface area contributed by atoms with Gasteiger partial charge in [0.2, 0.25) is 0 Å². The molecule has 216 valence electrons. The summed E-state index contributed by atoms with van der Waals surface area (Å²) in [6.07, 6.45) is -6.02. The molecule has 4 aromatic rings. The number of halogens is 3. The molecule has 2 bridgehead atoms. The van der Waals surface area contributed by atoms with Gasteiger partial charge in [0.25, 0.3) is 5.91 Å². The third kappa shape index (κ3) is 4.61. The second kappa shape index (κ2) is 10.2. The molecule has 2 saturated heterocycles. The number of imidazole rings is 1. The number of hydrogen-bond donors (Lipinski definition) is 2. The van der Waals surface area contributed by atoms with Gasteiger partial charge in [-0.05, 0) is 24.3 Å². The van der Waals surface area contributed by atoms with Gasteiger partial charge in [0.15, 0.2) is 28.8 Å². The van der Waals surface area contributed by atoms with Crippen LogP contribution in [-0.2, 0) is 14.3 Å². The minimum Gasteiger partial charge on any atom is -0.459 e. The number of carbonyl (C=O) groups excluding carboxylic acids is 3. The van der Waals surface area contributed by atoms with Gasteiger partial charge in [-0.3, -0.25) is 14.2 Å². The van der Waals surface area contributed by atoms with Crippen molar-refractivity contribution in [2.24, 2.45) is 0 Å². The van der Waals surface area contributed by atoms with Gasteiger partial charge in [-0.2, -0.15) is 13.2 Å². The minimum absolute atomic E-state index is 0.0195. The smallest absolute Gasteiger partial charge is 0.459 e. The Hall–Kier alpha value is -4.89. The first-order chi connectivity index (χ1) is 20.1. The average Bonchev–Trinajstić information content (AvgIpc) is 3.64. The molecule has 4 heterocycles. The summed E-state index contributed by atoms with van der Waals surface area (Å²) in [5.41, 5.74) is -1.22. The molecule has 2 aromatic heterocycles. The third-order valence-electron chi connectivity index (χ3n) is 7.17. The van der Waals surface area contributed by atoms with Gasteiger partial charge in [0, 0.05) is 5.56 Å². The van der Waals surface area contributed by atoms with E-state index in [1.165, 1.54) is 23.0 Å². The zero-order chi connectivity index (χ0) is 29.6. The second-order valence-electron chi connectivity index (χ2n) is 9.75. The number of morpholine rings is 1. The van der Waals surface area contributed by atoms with Crippen LogP contribution < -0.4 is 5.32 Å². The highest BCUT2D eigenvalue weighted by molar-refractivity contribution is 6.06. The number of aliphatic hydroxyl groups is 1. The molecule has 2 aromatic carbocycles. The Balaban J connectivity index is 1.32. The molecule has 2 N–H and O–H groups in total. The SMILES string of the molecule is O=C(Nc1ncnc2c1ncn2[C@@H]1O[C@]2(COC(=O)c3ccccc3)CN(C(=O)C(F)(F)F)[C@H]1[C@H]2O)c1ccccc1. The molecule has 0 radical (unpaired) electrons. The Labute approximate surface area is 234 Å². The quantitative estimate of drug-likeness (QED) is 0.327. The summed E-state index contributed by atoms with van der Waals surface area (Å²) >= 11 is 0. The number of rotatable bonds is 6. The predicted octanol–water partition coefficient (Wildman–Crippen LogP) is 2.34. The van der Waals surface area contributed by atoms with Gasteiger partial charge in [0.05, 0.1) is 18.4 Å². The van der Waals surface area contributed by atoms with Crippen molar-refractivity contribution in [1.82, 2.24) is 24.4 Å². The predicted molar refractivity (Wildman–Crippen MR) is 137 cm³/mol. The van der Waals surface area contributed by atoms with Gasteiger partial charge in [0.1, 0.15) is 25.1 Å². The molecule has 0 aliphatic carbocycles. The van der Waals surface area contributed by atoms with Crippen molar-refractivity contribution in [3.63, 3.8) is 0 Å². The van der Waals surface area contributed by atoms with E-state index in [-0.39, 0.29) is 22.5 Å². The summed E-state index contributed by atoms with van der Waals surface area (Å²) in [4.78, 5) is 50.6. The van der Waals surface area contributed by atoms with E-state index in [1.54, 1.807) is 48.5 Å². The Bertz CT molecular complexity index is 1670. The van der Waals surface area contributed by atoms with Gasteiger partial charge >= 0.3 is 18.1 Å². The van der Waals surface area contributed by atoms with Crippen molar-refractivity contribution < 1.29 is 42.1 Å². The highest BCUT2D eigenvalue weighted by Crippen LogP contribution is 2.48. The summed E-state index contributed by atoms with van der Waals surface area (Å²) in [5.74, 6) is -3.45. The van der Waals surface area contributed by atoms with E-state index in [0.717, 1.165) is 6.33 Å². The Morgan fingerprint density at radius 1 is 1.02 bits per heavy atom. The van der Waals surface area contributed by atoms with Crippen LogP contribution in [0.15, 0.2) is 73.3 Å². The van der Waals surface area contributed by atoms with Crippen molar-refractivity contribution in [3.05, 3.63) is 84.4 Å². The molecule has 2 fully saturated rings. The van der Waals surface area contributed by atoms with Crippen LogP contribution >= 0.6 is 0 Å². The van der Waals surface area contributed by atoms with Crippen molar-refractivity contribution in [1.29, 1.82) is 0 Å². The minimum atomic E-state index is -5.25. The number of nitrogens with one attached hydrogen (secondary N) is 1. The molecule has 6 rings (SSSR count). The highest BCUT2D eigenvalue weighted by Gasteiger charge is 2.68. The molecule has 4 atom stereocenters. The molecule has 2 aliphatic heterocycles. The maximum atomic E-state index is 13.6. The van der Waals surface area contributed by atoms with Gasteiger partial charge in [-0.25, -0.2) is 19.7 Å². The highest BCUT2D eigenvalue weighted by atomic mass is 19.4. The number of aromatic nitrogens is 4. The number of aliphatic hydroxyl groups excluding tert-OH is 1. The fraction of sp³-hybridized carbons (Fsp3) is 0.259. The average molecular weight is 582 g/mol. The van der Waals surface area contributed by atoms with Crippen LogP contribution in [0.25, 0.3) is 11.2 Å². The lowest BCUT2D eigenvalue weighted by atomic mass is 10.0. The molecule has 2 amide bonds. The first-order valence-electron chi connectivity index (χ1n) is 12.6. The fourth-order valence-electron chi connectivity index (χ4n) is 5.20. The number of anilines is 1. The standard InChI is InChI=1S/C27H21F3N6O6/c28-27(29,30)25(40)35-11-26(12-41-24(39)16-9-5-2-6-10-16)19(37)18(35)23(42-26)36-14-33-17-20(31-13-32-21(17)36)34-22(38)15-7-3-1-4-8-15/h1-10,13-14,18-19,23,37H,11-12H2,(H,31,32,34,38)/t18-,19+,23+,26-/m0/s1. The van der Waals surface area contributed by atoms with Crippen LogP contribution in [0.1, 0.15) is 26.9 Å². The van der Waals surface area contributed by atoms with Gasteiger partial charge in [-0.15, -0.1) is 0 Å². The summed E-state index contributed by atoms with van der Waals surface area (Å²) < 4.78 is 53.4. The molecular formula is C27H21F3N6O6. The van der Waals surface area contributed by atoms with Crippen LogP contribution in [0.4, 0.5) is 19.0 Å². The number of likely N-dealkylation sites (tertiary alicyclic amines) is 1. The van der Waals surface area contributed by atoms with Crippen molar-refractivity contribution in [2.45, 2.75) is 30.2 Å². The molecule has 15 heteroatoms. The number of ether oxygens (including phenoxy) is 2. The second-order valence-corrected chi connectivity index (χ2v) is 9.75. The van der Waals surface area contributed by atoms with Crippen LogP contribution in [0, 0.1) is 0 Å². The van der Waals surface area contributed by atoms with Crippen molar-refractivity contribution in [3.8, 4) is 0 Å². The number of benzene rings is 2. The maximum Gasteiger partial charge on any atom is 0.471 e. The van der Waals surface area contributed by atoms with E-state index in [1.807, 2.05) is 0 Å². The molecule has 12 nitrogen and oxygen atoms in total. The molecule has 0 saturated carbocycles. The van der Waals surface area contributed by atoms with Crippen molar-refractivity contribution in [2.75, 3.05) is 18.5 Å². The zero-order valence-electron chi connectivity index (χ0n) is 21.4. The Kier molecular flexibility index (Phi) is 6.62. The summed E-state index contributed by atoms with van der Waals surface area (Å²) in [7, 11) is 0. The number of hydrogen-bond acceptors (Lipinski definition) is 9. The molecular weight excluding hydrogens is 561 g/mol. The monoisotopic (exact) mass is 582 g/mol. The number of carbonyl (C=O) groups is 3. The first-order valence-corrected chi connectivity index (χ1v) is 12.6. The zero-order valence-corrected chi connectivity index (χ0v) is 21.4. The van der Waals surface area contributed by atoms with E-state index >= 15 is 0 Å². The number of alkyl halides is 3. The largest absolute Gasteiger partial charge is 0.471 e. The van der Waals surface area contributed by atoms with E-state index in [2.05, 4.69) is 20.3 Å². The Morgan fingerprint density at radius 2 is 1.69 bits per heavy atom. The maximum absolute atomic E-state index is 13.6. The number of nitrogens with zero attached hydrogens (tertiary/aromatic N) is 5. The lowest BCUT2D eigenvalue weighted by molar-refractivity contribution is -0.202. The fourth-order valence-corrected chi connectivity index (χ4v) is 5.20. The topological polar surface area (TPSA) is 149 Å². The number of fused-ring (bicyclic) bond motifs is 3. The first kappa shape index (κ1) is 27.3. The molecule has 2 aliphatic rings.